The van der Waals surface area contributed by atoms with E-state index in [1.807, 2.05) is 54.7 Å². The Morgan fingerprint density at radius 3 is 2.28 bits per heavy atom. The van der Waals surface area contributed by atoms with Gasteiger partial charge in [0.1, 0.15) is 0 Å². The molecule has 0 aliphatic heterocycles. The molecule has 2 amide bonds. The number of pyridine rings is 1. The van der Waals surface area contributed by atoms with Crippen molar-refractivity contribution in [2.75, 3.05) is 19.4 Å². The van der Waals surface area contributed by atoms with Gasteiger partial charge in [-0.3, -0.25) is 14.6 Å². The first kappa shape index (κ1) is 21.0. The van der Waals surface area contributed by atoms with Gasteiger partial charge in [-0.15, -0.1) is 11.8 Å². The summed E-state index contributed by atoms with van der Waals surface area (Å²) in [6.45, 7) is 0. The topological polar surface area (TPSA) is 62.3 Å². The van der Waals surface area contributed by atoms with Gasteiger partial charge in [0.05, 0.1) is 0 Å². The van der Waals surface area contributed by atoms with Crippen molar-refractivity contribution in [3.8, 4) is 0 Å². The zero-order valence-corrected chi connectivity index (χ0v) is 17.8. The molecule has 1 N–H and O–H groups in total. The molecule has 0 saturated heterocycles. The lowest BCUT2D eigenvalue weighted by molar-refractivity contribution is 0.102. The van der Waals surface area contributed by atoms with Gasteiger partial charge in [0.15, 0.2) is 0 Å². The minimum atomic E-state index is -0.168. The van der Waals surface area contributed by atoms with Gasteiger partial charge in [0.2, 0.25) is 0 Å². The summed E-state index contributed by atoms with van der Waals surface area (Å²) in [6.07, 6.45) is 3.62. The van der Waals surface area contributed by atoms with Crippen LogP contribution in [0.3, 0.4) is 0 Å². The van der Waals surface area contributed by atoms with Crippen LogP contribution in [0.1, 0.15) is 15.9 Å². The minimum Gasteiger partial charge on any atom is -0.339 e. The summed E-state index contributed by atoms with van der Waals surface area (Å²) < 4.78 is 0. The number of amides is 2. The molecule has 0 fully saturated rings. The summed E-state index contributed by atoms with van der Waals surface area (Å²) in [5, 5.41) is 2.84. The van der Waals surface area contributed by atoms with E-state index in [2.05, 4.69) is 10.3 Å². The van der Waals surface area contributed by atoms with Gasteiger partial charge in [-0.25, -0.2) is 0 Å². The predicted octanol–water partition coefficient (Wildman–Crippen LogP) is 5.40. The summed E-state index contributed by atoms with van der Waals surface area (Å²) in [5.74, 6) is 0.665. The Balaban J connectivity index is 1.54. The minimum absolute atomic E-state index is 0.0386. The predicted molar refractivity (Wildman–Crippen MR) is 120 cm³/mol. The monoisotopic (exact) mass is 423 g/mol. The van der Waals surface area contributed by atoms with Gasteiger partial charge in [0, 0.05) is 53.3 Å². The van der Waals surface area contributed by atoms with Gasteiger partial charge in [-0.05, 0) is 71.9 Å². The summed E-state index contributed by atoms with van der Waals surface area (Å²) in [7, 11) is 3.43. The van der Waals surface area contributed by atoms with Gasteiger partial charge in [0.25, 0.3) is 11.1 Å². The second-order valence-electron chi connectivity index (χ2n) is 6.42. The number of thioether (sulfide) groups is 2. The number of nitrogens with zero attached hydrogens (tertiary/aromatic N) is 2. The maximum absolute atomic E-state index is 12.5. The van der Waals surface area contributed by atoms with Gasteiger partial charge in [-0.1, -0.05) is 6.07 Å². The third kappa shape index (κ3) is 6.37. The maximum Gasteiger partial charge on any atom is 0.285 e. The van der Waals surface area contributed by atoms with Crippen molar-refractivity contribution in [2.45, 2.75) is 15.5 Å². The average molecular weight is 424 g/mol. The van der Waals surface area contributed by atoms with Crippen LogP contribution in [0, 0.1) is 0 Å². The molecule has 7 heteroatoms. The second-order valence-corrected chi connectivity index (χ2v) is 8.49. The Labute approximate surface area is 178 Å². The van der Waals surface area contributed by atoms with Gasteiger partial charge >= 0.3 is 0 Å². The van der Waals surface area contributed by atoms with E-state index < -0.39 is 0 Å². The van der Waals surface area contributed by atoms with Crippen molar-refractivity contribution in [2.24, 2.45) is 0 Å². The van der Waals surface area contributed by atoms with Crippen molar-refractivity contribution in [1.82, 2.24) is 9.88 Å². The average Bonchev–Trinajstić information content (AvgIpc) is 2.74. The molecule has 1 aromatic heterocycles. The van der Waals surface area contributed by atoms with E-state index >= 15 is 0 Å². The first-order valence-corrected chi connectivity index (χ1v) is 10.7. The van der Waals surface area contributed by atoms with Crippen LogP contribution in [0.4, 0.5) is 10.5 Å². The van der Waals surface area contributed by atoms with Gasteiger partial charge in [-0.2, -0.15) is 0 Å². The highest BCUT2D eigenvalue weighted by atomic mass is 32.2. The summed E-state index contributed by atoms with van der Waals surface area (Å²) in [6, 6.07) is 18.7. The fourth-order valence-corrected chi connectivity index (χ4v) is 3.84. The Hall–Kier alpha value is -2.77. The van der Waals surface area contributed by atoms with E-state index in [1.54, 1.807) is 44.2 Å². The van der Waals surface area contributed by atoms with Crippen LogP contribution in [0.2, 0.25) is 0 Å². The molecule has 0 radical (unpaired) electrons. The van der Waals surface area contributed by atoms with Crippen LogP contribution in [-0.2, 0) is 5.75 Å². The number of carbonyl (C=O) groups excluding carboxylic acids is 2. The molecule has 0 unspecified atom stereocenters. The Kier molecular flexibility index (Phi) is 7.32. The zero-order chi connectivity index (χ0) is 20.6. The highest BCUT2D eigenvalue weighted by Gasteiger charge is 2.09. The number of rotatable bonds is 6. The second kappa shape index (κ2) is 10.1. The Morgan fingerprint density at radius 1 is 0.966 bits per heavy atom. The molecule has 0 spiro atoms. The highest BCUT2D eigenvalue weighted by Crippen LogP contribution is 2.24. The SMILES string of the molecule is CN(C)C(=O)Sc1ccc(NC(=O)c2ccc(SCc3cccnc3)cc2)cc1. The normalized spacial score (nSPS) is 10.4. The molecule has 2 aromatic carbocycles. The van der Waals surface area contributed by atoms with Crippen LogP contribution in [-0.4, -0.2) is 35.1 Å². The lowest BCUT2D eigenvalue weighted by Crippen LogP contribution is -2.16. The number of anilines is 1. The molecule has 29 heavy (non-hydrogen) atoms. The number of benzene rings is 2. The lowest BCUT2D eigenvalue weighted by Gasteiger charge is -2.10. The molecule has 1 heterocycles. The quantitative estimate of drug-likeness (QED) is 0.538. The molecule has 5 nitrogen and oxygen atoms in total. The smallest absolute Gasteiger partial charge is 0.285 e. The third-order valence-corrected chi connectivity index (χ3v) is 6.06. The molecular formula is C22H21N3O2S2. The van der Waals surface area contributed by atoms with Crippen molar-refractivity contribution < 1.29 is 9.59 Å². The van der Waals surface area contributed by atoms with Crippen molar-refractivity contribution in [3.63, 3.8) is 0 Å². The zero-order valence-electron chi connectivity index (χ0n) is 16.2. The molecular weight excluding hydrogens is 402 g/mol. The van der Waals surface area contributed by atoms with Crippen LogP contribution in [0.15, 0.2) is 82.8 Å². The summed E-state index contributed by atoms with van der Waals surface area (Å²) in [5.41, 5.74) is 2.44. The van der Waals surface area contributed by atoms with Crippen LogP contribution in [0.25, 0.3) is 0 Å². The number of aromatic nitrogens is 1. The highest BCUT2D eigenvalue weighted by molar-refractivity contribution is 8.13. The van der Waals surface area contributed by atoms with E-state index in [-0.39, 0.29) is 11.1 Å². The molecule has 148 valence electrons. The lowest BCUT2D eigenvalue weighted by atomic mass is 10.2. The van der Waals surface area contributed by atoms with Crippen molar-refractivity contribution >= 4 is 40.4 Å². The summed E-state index contributed by atoms with van der Waals surface area (Å²) >= 11 is 2.85. The van der Waals surface area contributed by atoms with E-state index in [0.717, 1.165) is 32.9 Å². The molecule has 3 aromatic rings. The van der Waals surface area contributed by atoms with Crippen LogP contribution >= 0.6 is 23.5 Å². The Bertz CT molecular complexity index is 960. The Morgan fingerprint density at radius 2 is 1.66 bits per heavy atom. The number of hydrogen-bond acceptors (Lipinski definition) is 5. The standard InChI is InChI=1S/C22H21N3O2S2/c1-25(2)22(27)29-20-11-7-18(8-12-20)24-21(26)17-5-9-19(10-6-17)28-15-16-4-3-13-23-14-16/h3-14H,15H2,1-2H3,(H,24,26). The van der Waals surface area contributed by atoms with Crippen molar-refractivity contribution in [1.29, 1.82) is 0 Å². The maximum atomic E-state index is 12.5. The van der Waals surface area contributed by atoms with E-state index in [1.165, 1.54) is 4.90 Å². The van der Waals surface area contributed by atoms with Crippen LogP contribution < -0.4 is 5.32 Å². The first-order valence-electron chi connectivity index (χ1n) is 8.93. The third-order valence-electron chi connectivity index (χ3n) is 3.93. The molecule has 0 aliphatic rings. The number of carbonyl (C=O) groups is 2. The van der Waals surface area contributed by atoms with Crippen molar-refractivity contribution in [3.05, 3.63) is 84.2 Å². The van der Waals surface area contributed by atoms with E-state index in [4.69, 9.17) is 0 Å². The van der Waals surface area contributed by atoms with E-state index in [0.29, 0.717) is 11.3 Å². The number of nitrogens with one attached hydrogen (secondary N) is 1. The molecule has 0 saturated carbocycles. The number of hydrogen-bond donors (Lipinski definition) is 1. The molecule has 0 bridgehead atoms. The molecule has 0 aliphatic carbocycles. The van der Waals surface area contributed by atoms with E-state index in [9.17, 15) is 9.59 Å². The fraction of sp³-hybridized carbons (Fsp3) is 0.136. The first-order chi connectivity index (χ1) is 14.0. The largest absolute Gasteiger partial charge is 0.339 e. The summed E-state index contributed by atoms with van der Waals surface area (Å²) in [4.78, 5) is 31.8. The van der Waals surface area contributed by atoms with Gasteiger partial charge < -0.3 is 10.2 Å². The fourth-order valence-electron chi connectivity index (χ4n) is 2.35. The molecule has 0 atom stereocenters. The molecule has 3 rings (SSSR count). The van der Waals surface area contributed by atoms with Crippen LogP contribution in [0.5, 0.6) is 0 Å².